The Bertz CT molecular complexity index is 497. The zero-order valence-electron chi connectivity index (χ0n) is 12.2. The van der Waals surface area contributed by atoms with Gasteiger partial charge in [0.25, 0.3) is 0 Å². The highest BCUT2D eigenvalue weighted by atomic mass is 16.6. The fourth-order valence-electron chi connectivity index (χ4n) is 2.22. The molecule has 3 heteroatoms. The molecule has 2 aromatic rings. The number of hydrogen-bond donors (Lipinski definition) is 0. The molecule has 0 bridgehead atoms. The minimum atomic E-state index is -0.322. The van der Waals surface area contributed by atoms with Crippen molar-refractivity contribution in [2.45, 2.75) is 12.8 Å². The Morgan fingerprint density at radius 1 is 0.952 bits per heavy atom. The molecule has 110 valence electrons. The number of esters is 1. The molecule has 0 aromatic heterocycles. The van der Waals surface area contributed by atoms with Crippen molar-refractivity contribution in [2.75, 3.05) is 19.8 Å². The minimum absolute atomic E-state index is 0.00991. The van der Waals surface area contributed by atoms with Crippen LogP contribution in [0.5, 0.6) is 0 Å². The van der Waals surface area contributed by atoms with Crippen molar-refractivity contribution in [1.82, 2.24) is 0 Å². The van der Waals surface area contributed by atoms with E-state index in [4.69, 9.17) is 9.47 Å². The molecular formula is C18H20O3. The largest absolute Gasteiger partial charge is 0.464 e. The topological polar surface area (TPSA) is 35.5 Å². The summed E-state index contributed by atoms with van der Waals surface area (Å²) in [6, 6.07) is 20.3. The van der Waals surface area contributed by atoms with Gasteiger partial charge in [-0.25, -0.2) is 4.79 Å². The van der Waals surface area contributed by atoms with E-state index in [1.807, 2.05) is 36.4 Å². The van der Waals surface area contributed by atoms with Gasteiger partial charge in [-0.15, -0.1) is 0 Å². The summed E-state index contributed by atoms with van der Waals surface area (Å²) in [5, 5.41) is 0. The zero-order valence-corrected chi connectivity index (χ0v) is 12.2. The van der Waals surface area contributed by atoms with Crippen LogP contribution < -0.4 is 0 Å². The normalized spacial score (nSPS) is 10.6. The predicted octanol–water partition coefficient (Wildman–Crippen LogP) is 3.40. The average molecular weight is 284 g/mol. The van der Waals surface area contributed by atoms with Crippen molar-refractivity contribution in [3.63, 3.8) is 0 Å². The standard InChI is InChI=1S/C18H20O3/c1-2-21-18(19)14-20-13-17(15-9-5-3-6-10-15)16-11-7-4-8-12-16/h3-12,17H,2,13-14H2,1H3. The lowest BCUT2D eigenvalue weighted by molar-refractivity contribution is -0.148. The van der Waals surface area contributed by atoms with Crippen LogP contribution in [0, 0.1) is 0 Å². The number of benzene rings is 2. The maximum absolute atomic E-state index is 11.4. The van der Waals surface area contributed by atoms with Crippen molar-refractivity contribution >= 4 is 5.97 Å². The van der Waals surface area contributed by atoms with E-state index in [1.54, 1.807) is 6.92 Å². The number of carbonyl (C=O) groups excluding carboxylic acids is 1. The second-order valence-corrected chi connectivity index (χ2v) is 4.69. The first-order valence-electron chi connectivity index (χ1n) is 7.14. The Morgan fingerprint density at radius 3 is 1.95 bits per heavy atom. The van der Waals surface area contributed by atoms with Gasteiger partial charge in [-0.2, -0.15) is 0 Å². The highest BCUT2D eigenvalue weighted by Gasteiger charge is 2.15. The lowest BCUT2D eigenvalue weighted by atomic mass is 9.92. The number of carbonyl (C=O) groups is 1. The van der Waals surface area contributed by atoms with Crippen LogP contribution in [0.3, 0.4) is 0 Å². The number of hydrogen-bond acceptors (Lipinski definition) is 3. The summed E-state index contributed by atoms with van der Waals surface area (Å²) in [6.45, 7) is 2.61. The van der Waals surface area contributed by atoms with Crippen LogP contribution in [0.1, 0.15) is 24.0 Å². The van der Waals surface area contributed by atoms with E-state index in [-0.39, 0.29) is 18.5 Å². The molecule has 0 amide bonds. The molecule has 0 saturated carbocycles. The molecule has 0 unspecified atom stereocenters. The summed E-state index contributed by atoms with van der Waals surface area (Å²) in [5.74, 6) is -0.209. The Hall–Kier alpha value is -2.13. The number of ether oxygens (including phenoxy) is 2. The van der Waals surface area contributed by atoms with Crippen molar-refractivity contribution in [2.24, 2.45) is 0 Å². The molecule has 0 aliphatic carbocycles. The first kappa shape index (κ1) is 15.3. The third kappa shape index (κ3) is 4.72. The minimum Gasteiger partial charge on any atom is -0.464 e. The first-order valence-corrected chi connectivity index (χ1v) is 7.14. The maximum Gasteiger partial charge on any atom is 0.332 e. The molecule has 0 atom stereocenters. The van der Waals surface area contributed by atoms with Crippen molar-refractivity contribution in [1.29, 1.82) is 0 Å². The monoisotopic (exact) mass is 284 g/mol. The Morgan fingerprint density at radius 2 is 1.48 bits per heavy atom. The van der Waals surface area contributed by atoms with Gasteiger partial charge in [-0.05, 0) is 18.1 Å². The van der Waals surface area contributed by atoms with Crippen LogP contribution in [0.25, 0.3) is 0 Å². The van der Waals surface area contributed by atoms with Crippen molar-refractivity contribution in [3.05, 3.63) is 71.8 Å². The van der Waals surface area contributed by atoms with Gasteiger partial charge in [0.15, 0.2) is 0 Å². The van der Waals surface area contributed by atoms with E-state index in [0.29, 0.717) is 13.2 Å². The van der Waals surface area contributed by atoms with Crippen LogP contribution in [-0.2, 0) is 14.3 Å². The average Bonchev–Trinajstić information content (AvgIpc) is 2.53. The molecule has 2 aromatic carbocycles. The molecule has 0 radical (unpaired) electrons. The fraction of sp³-hybridized carbons (Fsp3) is 0.278. The molecule has 0 heterocycles. The lowest BCUT2D eigenvalue weighted by Gasteiger charge is -2.18. The highest BCUT2D eigenvalue weighted by Crippen LogP contribution is 2.24. The molecular weight excluding hydrogens is 264 g/mol. The van der Waals surface area contributed by atoms with Gasteiger partial charge in [0, 0.05) is 5.92 Å². The summed E-state index contributed by atoms with van der Waals surface area (Å²) >= 11 is 0. The van der Waals surface area contributed by atoms with Crippen LogP contribution in [0.2, 0.25) is 0 Å². The molecule has 0 aliphatic heterocycles. The molecule has 0 saturated heterocycles. The highest BCUT2D eigenvalue weighted by molar-refractivity contribution is 5.70. The van der Waals surface area contributed by atoms with E-state index in [1.165, 1.54) is 11.1 Å². The predicted molar refractivity (Wildman–Crippen MR) is 82.2 cm³/mol. The van der Waals surface area contributed by atoms with Gasteiger partial charge in [0.1, 0.15) is 6.61 Å². The summed E-state index contributed by atoms with van der Waals surface area (Å²) in [6.07, 6.45) is 0. The van der Waals surface area contributed by atoms with Gasteiger partial charge in [0.2, 0.25) is 0 Å². The maximum atomic E-state index is 11.4. The summed E-state index contributed by atoms with van der Waals surface area (Å²) < 4.78 is 10.4. The quantitative estimate of drug-likeness (QED) is 0.731. The third-order valence-corrected chi connectivity index (χ3v) is 3.21. The van der Waals surface area contributed by atoms with Crippen molar-refractivity contribution in [3.8, 4) is 0 Å². The fourth-order valence-corrected chi connectivity index (χ4v) is 2.22. The van der Waals surface area contributed by atoms with Gasteiger partial charge < -0.3 is 9.47 Å². The molecule has 2 rings (SSSR count). The van der Waals surface area contributed by atoms with Gasteiger partial charge >= 0.3 is 5.97 Å². The molecule has 3 nitrogen and oxygen atoms in total. The van der Waals surface area contributed by atoms with E-state index in [2.05, 4.69) is 24.3 Å². The van der Waals surface area contributed by atoms with Gasteiger partial charge in [0.05, 0.1) is 13.2 Å². The number of rotatable bonds is 7. The van der Waals surface area contributed by atoms with Crippen LogP contribution >= 0.6 is 0 Å². The molecule has 21 heavy (non-hydrogen) atoms. The first-order chi connectivity index (χ1) is 10.3. The second kappa shape index (κ2) is 8.22. The Kier molecular flexibility index (Phi) is 5.98. The summed E-state index contributed by atoms with van der Waals surface area (Å²) in [4.78, 5) is 11.4. The van der Waals surface area contributed by atoms with Gasteiger partial charge in [-0.1, -0.05) is 60.7 Å². The van der Waals surface area contributed by atoms with E-state index < -0.39 is 0 Å². The summed E-state index contributed by atoms with van der Waals surface area (Å²) in [5.41, 5.74) is 2.35. The molecule has 0 N–H and O–H groups in total. The summed E-state index contributed by atoms with van der Waals surface area (Å²) in [7, 11) is 0. The Balaban J connectivity index is 2.05. The van der Waals surface area contributed by atoms with E-state index >= 15 is 0 Å². The van der Waals surface area contributed by atoms with Crippen molar-refractivity contribution < 1.29 is 14.3 Å². The molecule has 0 aliphatic rings. The molecule has 0 spiro atoms. The zero-order chi connectivity index (χ0) is 14.9. The SMILES string of the molecule is CCOC(=O)COCC(c1ccccc1)c1ccccc1. The van der Waals surface area contributed by atoms with Crippen LogP contribution in [0.4, 0.5) is 0 Å². The molecule has 0 fully saturated rings. The van der Waals surface area contributed by atoms with Crippen LogP contribution in [0.15, 0.2) is 60.7 Å². The van der Waals surface area contributed by atoms with E-state index in [9.17, 15) is 4.79 Å². The third-order valence-electron chi connectivity index (χ3n) is 3.21. The van der Waals surface area contributed by atoms with Crippen LogP contribution in [-0.4, -0.2) is 25.8 Å². The second-order valence-electron chi connectivity index (χ2n) is 4.69. The van der Waals surface area contributed by atoms with Gasteiger partial charge in [-0.3, -0.25) is 0 Å². The lowest BCUT2D eigenvalue weighted by Crippen LogP contribution is -2.16. The Labute approximate surface area is 125 Å². The smallest absolute Gasteiger partial charge is 0.332 e. The van der Waals surface area contributed by atoms with E-state index in [0.717, 1.165) is 0 Å².